The molecule has 0 saturated heterocycles. The molecule has 0 radical (unpaired) electrons. The van der Waals surface area contributed by atoms with E-state index in [1.54, 1.807) is 12.4 Å². The van der Waals surface area contributed by atoms with Crippen molar-refractivity contribution < 1.29 is 4.92 Å². The highest BCUT2D eigenvalue weighted by Crippen LogP contribution is 2.21. The first-order chi connectivity index (χ1) is 9.20. The van der Waals surface area contributed by atoms with Crippen LogP contribution in [0, 0.1) is 21.4 Å². The van der Waals surface area contributed by atoms with Crippen LogP contribution in [0.2, 0.25) is 0 Å². The third-order valence-corrected chi connectivity index (χ3v) is 2.54. The van der Waals surface area contributed by atoms with Gasteiger partial charge in [0.15, 0.2) is 0 Å². The lowest BCUT2D eigenvalue weighted by Crippen LogP contribution is -2.02. The predicted molar refractivity (Wildman–Crippen MR) is 69.4 cm³/mol. The monoisotopic (exact) mass is 254 g/mol. The van der Waals surface area contributed by atoms with E-state index < -0.39 is 4.92 Å². The maximum Gasteiger partial charge on any atom is 0.270 e. The Kier molecular flexibility index (Phi) is 3.69. The summed E-state index contributed by atoms with van der Waals surface area (Å²) < 4.78 is 0. The van der Waals surface area contributed by atoms with Crippen LogP contribution in [0.4, 0.5) is 11.4 Å². The van der Waals surface area contributed by atoms with Crippen molar-refractivity contribution in [3.8, 4) is 6.07 Å². The van der Waals surface area contributed by atoms with E-state index in [0.29, 0.717) is 12.2 Å². The molecule has 0 atom stereocenters. The minimum absolute atomic E-state index is 0.0940. The van der Waals surface area contributed by atoms with Crippen LogP contribution >= 0.6 is 0 Å². The van der Waals surface area contributed by atoms with E-state index in [9.17, 15) is 10.1 Å². The van der Waals surface area contributed by atoms with Crippen LogP contribution < -0.4 is 5.32 Å². The molecule has 6 heteroatoms. The predicted octanol–water partition coefficient (Wildman–Crippen LogP) is 2.47. The first-order valence-corrected chi connectivity index (χ1v) is 5.52. The van der Waals surface area contributed by atoms with Gasteiger partial charge in [-0.05, 0) is 17.7 Å². The number of nitro benzene ring substituents is 1. The molecule has 0 aliphatic rings. The molecule has 1 aromatic carbocycles. The van der Waals surface area contributed by atoms with Crippen LogP contribution in [0.5, 0.6) is 0 Å². The summed E-state index contributed by atoms with van der Waals surface area (Å²) in [6, 6.07) is 9.82. The number of nitrogens with one attached hydrogen (secondary N) is 1. The van der Waals surface area contributed by atoms with Gasteiger partial charge in [-0.3, -0.25) is 15.1 Å². The van der Waals surface area contributed by atoms with Gasteiger partial charge in [0.05, 0.1) is 16.2 Å². The van der Waals surface area contributed by atoms with Gasteiger partial charge in [-0.2, -0.15) is 5.26 Å². The van der Waals surface area contributed by atoms with E-state index in [0.717, 1.165) is 5.56 Å². The number of hydrogen-bond donors (Lipinski definition) is 1. The molecule has 1 N–H and O–H groups in total. The van der Waals surface area contributed by atoms with Crippen molar-refractivity contribution in [2.45, 2.75) is 6.54 Å². The highest BCUT2D eigenvalue weighted by atomic mass is 16.6. The maximum atomic E-state index is 10.6. The van der Waals surface area contributed by atoms with Crippen molar-refractivity contribution >= 4 is 11.4 Å². The average Bonchev–Trinajstić information content (AvgIpc) is 2.45. The number of aromatic nitrogens is 1. The Balaban J connectivity index is 2.17. The molecule has 0 amide bonds. The number of nitriles is 1. The van der Waals surface area contributed by atoms with Gasteiger partial charge in [-0.1, -0.05) is 6.07 Å². The fourth-order valence-electron chi connectivity index (χ4n) is 1.59. The molecule has 1 heterocycles. The first-order valence-electron chi connectivity index (χ1n) is 5.52. The summed E-state index contributed by atoms with van der Waals surface area (Å²) in [5.74, 6) is 0. The van der Waals surface area contributed by atoms with Gasteiger partial charge in [0.2, 0.25) is 0 Å². The Morgan fingerprint density at radius 1 is 1.42 bits per heavy atom. The molecule has 1 aromatic heterocycles. The fraction of sp³-hybridized carbons (Fsp3) is 0.0769. The normalized spacial score (nSPS) is 9.63. The van der Waals surface area contributed by atoms with Gasteiger partial charge >= 0.3 is 0 Å². The Morgan fingerprint density at radius 2 is 2.26 bits per heavy atom. The van der Waals surface area contributed by atoms with E-state index >= 15 is 0 Å². The highest BCUT2D eigenvalue weighted by molar-refractivity contribution is 5.61. The lowest BCUT2D eigenvalue weighted by atomic mass is 10.1. The van der Waals surface area contributed by atoms with Crippen molar-refractivity contribution in [1.29, 1.82) is 5.26 Å². The second kappa shape index (κ2) is 5.60. The van der Waals surface area contributed by atoms with E-state index in [2.05, 4.69) is 10.3 Å². The topological polar surface area (TPSA) is 91.8 Å². The Morgan fingerprint density at radius 3 is 2.89 bits per heavy atom. The zero-order chi connectivity index (χ0) is 13.7. The largest absolute Gasteiger partial charge is 0.380 e. The molecule has 0 bridgehead atoms. The van der Waals surface area contributed by atoms with Gasteiger partial charge in [-0.25, -0.2) is 0 Å². The van der Waals surface area contributed by atoms with Crippen molar-refractivity contribution in [2.75, 3.05) is 5.32 Å². The van der Waals surface area contributed by atoms with E-state index in [1.165, 1.54) is 18.2 Å². The third-order valence-electron chi connectivity index (χ3n) is 2.54. The second-order valence-corrected chi connectivity index (χ2v) is 3.81. The summed E-state index contributed by atoms with van der Waals surface area (Å²) >= 11 is 0. The summed E-state index contributed by atoms with van der Waals surface area (Å²) in [6.45, 7) is 0.500. The number of nitro groups is 1. The van der Waals surface area contributed by atoms with Crippen LogP contribution in [0.15, 0.2) is 42.7 Å². The molecule has 0 aliphatic carbocycles. The Bertz CT molecular complexity index is 635. The number of nitrogens with zero attached hydrogens (tertiary/aromatic N) is 3. The minimum atomic E-state index is -0.522. The van der Waals surface area contributed by atoms with Gasteiger partial charge in [0.1, 0.15) is 6.07 Å². The molecule has 2 aromatic rings. The third kappa shape index (κ3) is 3.04. The van der Waals surface area contributed by atoms with Gasteiger partial charge < -0.3 is 5.32 Å². The molecule has 2 rings (SSSR count). The molecule has 0 fully saturated rings. The molecular formula is C13H10N4O2. The van der Waals surface area contributed by atoms with E-state index in [1.807, 2.05) is 18.2 Å². The molecule has 94 valence electrons. The van der Waals surface area contributed by atoms with Crippen LogP contribution in [0.3, 0.4) is 0 Å². The molecule has 0 saturated carbocycles. The molecule has 0 unspecified atom stereocenters. The zero-order valence-electron chi connectivity index (χ0n) is 9.91. The summed E-state index contributed by atoms with van der Waals surface area (Å²) in [4.78, 5) is 14.1. The van der Waals surface area contributed by atoms with E-state index in [4.69, 9.17) is 5.26 Å². The summed E-state index contributed by atoms with van der Waals surface area (Å²) in [5, 5.41) is 22.7. The van der Waals surface area contributed by atoms with Crippen LogP contribution in [0.25, 0.3) is 0 Å². The Labute approximate surface area is 109 Å². The maximum absolute atomic E-state index is 10.6. The van der Waals surface area contributed by atoms with Crippen LogP contribution in [-0.2, 0) is 6.54 Å². The second-order valence-electron chi connectivity index (χ2n) is 3.81. The zero-order valence-corrected chi connectivity index (χ0v) is 9.91. The SMILES string of the molecule is N#Cc1cc([N+](=O)[O-])ccc1NCc1cccnc1. The summed E-state index contributed by atoms with van der Waals surface area (Å²) in [7, 11) is 0. The number of pyridine rings is 1. The average molecular weight is 254 g/mol. The first kappa shape index (κ1) is 12.5. The van der Waals surface area contributed by atoms with Crippen LogP contribution in [0.1, 0.15) is 11.1 Å². The summed E-state index contributed by atoms with van der Waals surface area (Å²) in [6.07, 6.45) is 3.39. The highest BCUT2D eigenvalue weighted by Gasteiger charge is 2.10. The van der Waals surface area contributed by atoms with Crippen LogP contribution in [-0.4, -0.2) is 9.91 Å². The molecular weight excluding hydrogens is 244 g/mol. The smallest absolute Gasteiger partial charge is 0.270 e. The molecule has 6 nitrogen and oxygen atoms in total. The molecule has 19 heavy (non-hydrogen) atoms. The summed E-state index contributed by atoms with van der Waals surface area (Å²) in [5.41, 5.74) is 1.68. The number of hydrogen-bond acceptors (Lipinski definition) is 5. The quantitative estimate of drug-likeness (QED) is 0.668. The number of non-ortho nitro benzene ring substituents is 1. The van der Waals surface area contributed by atoms with Crippen molar-refractivity contribution in [1.82, 2.24) is 4.98 Å². The lowest BCUT2D eigenvalue weighted by Gasteiger charge is -2.07. The van der Waals surface area contributed by atoms with Crippen molar-refractivity contribution in [3.05, 3.63) is 64.0 Å². The number of anilines is 1. The number of benzene rings is 1. The van der Waals surface area contributed by atoms with E-state index in [-0.39, 0.29) is 11.3 Å². The molecule has 0 aliphatic heterocycles. The van der Waals surface area contributed by atoms with Crippen molar-refractivity contribution in [2.24, 2.45) is 0 Å². The van der Waals surface area contributed by atoms with Gasteiger partial charge in [0.25, 0.3) is 5.69 Å². The van der Waals surface area contributed by atoms with Crippen molar-refractivity contribution in [3.63, 3.8) is 0 Å². The molecule has 0 spiro atoms. The fourth-order valence-corrected chi connectivity index (χ4v) is 1.59. The number of rotatable bonds is 4. The Hall–Kier alpha value is -2.94. The standard InChI is InChI=1S/C13H10N4O2/c14-7-11-6-12(17(18)19)3-4-13(11)16-9-10-2-1-5-15-8-10/h1-6,8,16H,9H2. The lowest BCUT2D eigenvalue weighted by molar-refractivity contribution is -0.384. The van der Waals surface area contributed by atoms with Gasteiger partial charge in [0, 0.05) is 31.1 Å². The minimum Gasteiger partial charge on any atom is -0.380 e. The van der Waals surface area contributed by atoms with Gasteiger partial charge in [-0.15, -0.1) is 0 Å².